The Hall–Kier alpha value is 0.0600. The molecular weight excluding hydrogens is 297 g/mol. The van der Waals surface area contributed by atoms with E-state index in [-0.39, 0.29) is 17.6 Å². The number of halogens is 3. The maximum absolute atomic E-state index is 13.1. The summed E-state index contributed by atoms with van der Waals surface area (Å²) in [6.07, 6.45) is -1.19. The smallest absolute Gasteiger partial charge is 0.329 e. The highest BCUT2D eigenvalue weighted by atomic mass is 32.2. The van der Waals surface area contributed by atoms with Gasteiger partial charge in [0.15, 0.2) is 0 Å². The van der Waals surface area contributed by atoms with Crippen LogP contribution in [0.15, 0.2) is 0 Å². The van der Waals surface area contributed by atoms with Gasteiger partial charge in [-0.25, -0.2) is 0 Å². The molecule has 2 atom stereocenters. The first-order chi connectivity index (χ1) is 9.69. The fourth-order valence-corrected chi connectivity index (χ4v) is 4.82. The minimum absolute atomic E-state index is 0.179. The highest BCUT2D eigenvalue weighted by Gasteiger charge is 2.49. The Bertz CT molecular complexity index is 359. The standard InChI is InChI=1S/C15H27F3N2S/c1-13(2)6-7-20(8-9-21-13)14(11-19)5-3-4-12(10-14)15(16,17)18/h12H,3-11,19H2,1-2H3. The van der Waals surface area contributed by atoms with Crippen LogP contribution < -0.4 is 5.73 Å². The van der Waals surface area contributed by atoms with Crippen molar-refractivity contribution in [2.24, 2.45) is 11.7 Å². The fourth-order valence-electron chi connectivity index (χ4n) is 3.72. The Morgan fingerprint density at radius 1 is 1.24 bits per heavy atom. The van der Waals surface area contributed by atoms with Crippen molar-refractivity contribution in [3.05, 3.63) is 0 Å². The Balaban J connectivity index is 2.13. The Morgan fingerprint density at radius 3 is 2.57 bits per heavy atom. The quantitative estimate of drug-likeness (QED) is 0.840. The predicted molar refractivity (Wildman–Crippen MR) is 82.5 cm³/mol. The summed E-state index contributed by atoms with van der Waals surface area (Å²) >= 11 is 1.92. The maximum Gasteiger partial charge on any atom is 0.391 e. The predicted octanol–water partition coefficient (Wildman–Crippen LogP) is 3.65. The third-order valence-electron chi connectivity index (χ3n) is 5.17. The zero-order chi connectivity index (χ0) is 15.7. The van der Waals surface area contributed by atoms with Crippen molar-refractivity contribution in [2.45, 2.75) is 62.4 Å². The van der Waals surface area contributed by atoms with Crippen molar-refractivity contribution in [1.82, 2.24) is 4.90 Å². The molecule has 0 aromatic heterocycles. The molecule has 0 bridgehead atoms. The molecule has 1 aliphatic carbocycles. The first-order valence-corrected chi connectivity index (χ1v) is 8.83. The number of alkyl halides is 3. The van der Waals surface area contributed by atoms with Gasteiger partial charge in [0.1, 0.15) is 0 Å². The molecule has 1 aliphatic heterocycles. The molecule has 21 heavy (non-hydrogen) atoms. The van der Waals surface area contributed by atoms with E-state index in [2.05, 4.69) is 18.7 Å². The van der Waals surface area contributed by atoms with Gasteiger partial charge in [0.25, 0.3) is 0 Å². The van der Waals surface area contributed by atoms with Gasteiger partial charge in [-0.15, -0.1) is 0 Å². The van der Waals surface area contributed by atoms with Gasteiger partial charge in [-0.3, -0.25) is 4.90 Å². The van der Waals surface area contributed by atoms with Gasteiger partial charge in [0, 0.05) is 35.7 Å². The van der Waals surface area contributed by atoms with Crippen LogP contribution in [0.2, 0.25) is 0 Å². The number of hydrogen-bond acceptors (Lipinski definition) is 3. The van der Waals surface area contributed by atoms with Gasteiger partial charge in [-0.1, -0.05) is 20.3 Å². The highest BCUT2D eigenvalue weighted by Crippen LogP contribution is 2.45. The molecule has 2 rings (SSSR count). The summed E-state index contributed by atoms with van der Waals surface area (Å²) in [7, 11) is 0. The summed E-state index contributed by atoms with van der Waals surface area (Å²) in [4.78, 5) is 2.27. The highest BCUT2D eigenvalue weighted by molar-refractivity contribution is 8.00. The van der Waals surface area contributed by atoms with Crippen LogP contribution in [0.1, 0.15) is 46.0 Å². The normalized spacial score (nSPS) is 35.4. The van der Waals surface area contributed by atoms with Crippen LogP contribution in [0.5, 0.6) is 0 Å². The van der Waals surface area contributed by atoms with Crippen LogP contribution in [-0.4, -0.2) is 46.7 Å². The molecule has 2 unspecified atom stereocenters. The van der Waals surface area contributed by atoms with Gasteiger partial charge >= 0.3 is 6.18 Å². The lowest BCUT2D eigenvalue weighted by Gasteiger charge is -2.48. The number of nitrogens with zero attached hydrogens (tertiary/aromatic N) is 1. The van der Waals surface area contributed by atoms with Crippen LogP contribution in [0.3, 0.4) is 0 Å². The zero-order valence-electron chi connectivity index (χ0n) is 13.0. The van der Waals surface area contributed by atoms with E-state index in [1.54, 1.807) is 0 Å². The van der Waals surface area contributed by atoms with Gasteiger partial charge in [-0.05, 0) is 25.7 Å². The average molecular weight is 324 g/mol. The minimum atomic E-state index is -4.08. The van der Waals surface area contributed by atoms with Crippen LogP contribution in [-0.2, 0) is 0 Å². The molecule has 2 fully saturated rings. The van der Waals surface area contributed by atoms with E-state index < -0.39 is 17.6 Å². The molecule has 2 aliphatic rings. The lowest BCUT2D eigenvalue weighted by molar-refractivity contribution is -0.193. The van der Waals surface area contributed by atoms with Gasteiger partial charge < -0.3 is 5.73 Å². The van der Waals surface area contributed by atoms with E-state index in [1.165, 1.54) is 0 Å². The van der Waals surface area contributed by atoms with E-state index in [4.69, 9.17) is 5.73 Å². The summed E-state index contributed by atoms with van der Waals surface area (Å²) < 4.78 is 39.6. The molecule has 2 nitrogen and oxygen atoms in total. The molecule has 0 spiro atoms. The van der Waals surface area contributed by atoms with E-state index in [9.17, 15) is 13.2 Å². The number of hydrogen-bond donors (Lipinski definition) is 1. The summed E-state index contributed by atoms with van der Waals surface area (Å²) in [5.74, 6) is -0.204. The Labute approximate surface area is 130 Å². The molecule has 1 saturated heterocycles. The van der Waals surface area contributed by atoms with Crippen molar-refractivity contribution in [3.8, 4) is 0 Å². The summed E-state index contributed by atoms with van der Waals surface area (Å²) in [6.45, 7) is 6.49. The Kier molecular flexibility index (Phi) is 5.21. The number of nitrogens with two attached hydrogens (primary N) is 1. The molecule has 1 heterocycles. The van der Waals surface area contributed by atoms with Crippen molar-refractivity contribution < 1.29 is 13.2 Å². The summed E-state index contributed by atoms with van der Waals surface area (Å²) in [6, 6.07) is 0. The van der Waals surface area contributed by atoms with Gasteiger partial charge in [0.05, 0.1) is 5.92 Å². The van der Waals surface area contributed by atoms with E-state index >= 15 is 0 Å². The lowest BCUT2D eigenvalue weighted by atomic mass is 9.74. The zero-order valence-corrected chi connectivity index (χ0v) is 13.8. The first kappa shape index (κ1) is 17.4. The van der Waals surface area contributed by atoms with Crippen molar-refractivity contribution in [1.29, 1.82) is 0 Å². The maximum atomic E-state index is 13.1. The monoisotopic (exact) mass is 324 g/mol. The molecule has 2 N–H and O–H groups in total. The van der Waals surface area contributed by atoms with Crippen molar-refractivity contribution in [2.75, 3.05) is 25.4 Å². The molecular formula is C15H27F3N2S. The number of rotatable bonds is 2. The molecule has 1 saturated carbocycles. The van der Waals surface area contributed by atoms with Crippen molar-refractivity contribution in [3.63, 3.8) is 0 Å². The second kappa shape index (κ2) is 6.28. The first-order valence-electron chi connectivity index (χ1n) is 7.84. The second-order valence-electron chi connectivity index (χ2n) is 7.11. The third kappa shape index (κ3) is 4.08. The Morgan fingerprint density at radius 2 is 1.95 bits per heavy atom. The third-order valence-corrected chi connectivity index (χ3v) is 6.54. The van der Waals surface area contributed by atoms with E-state index in [0.29, 0.717) is 13.0 Å². The SMILES string of the molecule is CC1(C)CCN(C2(CN)CCCC(C(F)(F)F)C2)CCS1. The molecule has 124 valence electrons. The van der Waals surface area contributed by atoms with Crippen LogP contribution >= 0.6 is 11.8 Å². The molecule has 0 radical (unpaired) electrons. The van der Waals surface area contributed by atoms with Crippen LogP contribution in [0, 0.1) is 5.92 Å². The fraction of sp³-hybridized carbons (Fsp3) is 1.00. The second-order valence-corrected chi connectivity index (χ2v) is 8.91. The molecule has 6 heteroatoms. The van der Waals surface area contributed by atoms with Crippen molar-refractivity contribution >= 4 is 11.8 Å². The van der Waals surface area contributed by atoms with Gasteiger partial charge in [0.2, 0.25) is 0 Å². The molecule has 0 aromatic carbocycles. The van der Waals surface area contributed by atoms with E-state index in [1.807, 2.05) is 11.8 Å². The number of thioether (sulfide) groups is 1. The molecule has 0 amide bonds. The topological polar surface area (TPSA) is 29.3 Å². The van der Waals surface area contributed by atoms with Crippen LogP contribution in [0.25, 0.3) is 0 Å². The van der Waals surface area contributed by atoms with Gasteiger partial charge in [-0.2, -0.15) is 24.9 Å². The largest absolute Gasteiger partial charge is 0.391 e. The summed E-state index contributed by atoms with van der Waals surface area (Å²) in [5, 5.41) is 0. The average Bonchev–Trinajstić information content (AvgIpc) is 2.59. The lowest BCUT2D eigenvalue weighted by Crippen LogP contribution is -2.58. The van der Waals surface area contributed by atoms with Crippen LogP contribution in [0.4, 0.5) is 13.2 Å². The minimum Gasteiger partial charge on any atom is -0.329 e. The summed E-state index contributed by atoms with van der Waals surface area (Å²) in [5.41, 5.74) is 5.53. The van der Waals surface area contributed by atoms with E-state index in [0.717, 1.165) is 31.7 Å². The molecule has 0 aromatic rings.